The molecule has 0 aromatic heterocycles. The van der Waals surface area contributed by atoms with Crippen LogP contribution >= 0.6 is 0 Å². The summed E-state index contributed by atoms with van der Waals surface area (Å²) < 4.78 is 0. The molecular formula is C19H36FN. The van der Waals surface area contributed by atoms with E-state index in [0.29, 0.717) is 0 Å². The Morgan fingerprint density at radius 3 is 1.90 bits per heavy atom. The Labute approximate surface area is 131 Å². The molecule has 1 atom stereocenters. The van der Waals surface area contributed by atoms with Gasteiger partial charge in [0.2, 0.25) is 0 Å². The molecule has 0 saturated heterocycles. The minimum absolute atomic E-state index is 0. The second-order valence-electron chi connectivity index (χ2n) is 6.26. The first-order valence-electron chi connectivity index (χ1n) is 9.12. The van der Waals surface area contributed by atoms with E-state index in [2.05, 4.69) is 32.2 Å². The molecule has 0 fully saturated rings. The van der Waals surface area contributed by atoms with Crippen molar-refractivity contribution in [2.75, 3.05) is 6.54 Å². The fourth-order valence-corrected chi connectivity index (χ4v) is 3.05. The van der Waals surface area contributed by atoms with Gasteiger partial charge in [0, 0.05) is 12.5 Å². The summed E-state index contributed by atoms with van der Waals surface area (Å²) in [6.07, 6.45) is 23.7. The Kier molecular flexibility index (Phi) is 13.9. The summed E-state index contributed by atoms with van der Waals surface area (Å²) >= 11 is 0. The Morgan fingerprint density at radius 1 is 0.762 bits per heavy atom. The van der Waals surface area contributed by atoms with Crippen molar-refractivity contribution >= 4 is 0 Å². The first-order chi connectivity index (χ1) is 9.88. The van der Waals surface area contributed by atoms with E-state index in [-0.39, 0.29) is 4.70 Å². The second-order valence-corrected chi connectivity index (χ2v) is 6.26. The van der Waals surface area contributed by atoms with Crippen molar-refractivity contribution in [1.29, 1.82) is 0 Å². The highest BCUT2D eigenvalue weighted by Gasteiger charge is 2.14. The minimum atomic E-state index is 0. The van der Waals surface area contributed by atoms with E-state index in [9.17, 15) is 0 Å². The van der Waals surface area contributed by atoms with Crippen molar-refractivity contribution in [2.45, 2.75) is 90.9 Å². The predicted octanol–water partition coefficient (Wildman–Crippen LogP) is 2.01. The summed E-state index contributed by atoms with van der Waals surface area (Å²) in [5, 5.41) is 0. The fraction of sp³-hybridized carbons (Fsp3) is 0.789. The molecule has 2 heteroatoms. The molecule has 0 amide bonds. The molecule has 0 spiro atoms. The average Bonchev–Trinajstić information content (AvgIpc) is 2.89. The SMILES string of the molecule is CCCCCCCCCCCC[NH+]1C=CC=C1CCC.[F-]. The summed E-state index contributed by atoms with van der Waals surface area (Å²) in [5.41, 5.74) is 1.60. The molecule has 1 aliphatic heterocycles. The largest absolute Gasteiger partial charge is 1.00 e. The summed E-state index contributed by atoms with van der Waals surface area (Å²) in [5.74, 6) is 0. The van der Waals surface area contributed by atoms with Crippen molar-refractivity contribution in [2.24, 2.45) is 0 Å². The van der Waals surface area contributed by atoms with Crippen LogP contribution in [-0.2, 0) is 0 Å². The zero-order chi connectivity index (χ0) is 14.5. The molecule has 0 aliphatic carbocycles. The lowest BCUT2D eigenvalue weighted by Gasteiger charge is -2.13. The first-order valence-corrected chi connectivity index (χ1v) is 9.12. The van der Waals surface area contributed by atoms with Crippen molar-refractivity contribution in [1.82, 2.24) is 0 Å². The van der Waals surface area contributed by atoms with E-state index in [0.717, 1.165) is 0 Å². The van der Waals surface area contributed by atoms with Crippen molar-refractivity contribution in [3.8, 4) is 0 Å². The van der Waals surface area contributed by atoms with E-state index >= 15 is 0 Å². The lowest BCUT2D eigenvalue weighted by molar-refractivity contribution is -0.804. The van der Waals surface area contributed by atoms with Crippen molar-refractivity contribution in [3.05, 3.63) is 24.0 Å². The number of allylic oxidation sites excluding steroid dienone is 3. The van der Waals surface area contributed by atoms with Crippen LogP contribution < -0.4 is 9.60 Å². The van der Waals surface area contributed by atoms with Gasteiger partial charge in [-0.1, -0.05) is 65.2 Å². The number of halogens is 1. The fourth-order valence-electron chi connectivity index (χ4n) is 3.05. The topological polar surface area (TPSA) is 4.44 Å². The van der Waals surface area contributed by atoms with Crippen LogP contribution in [0, 0.1) is 0 Å². The van der Waals surface area contributed by atoms with Gasteiger partial charge in [-0.2, -0.15) is 0 Å². The van der Waals surface area contributed by atoms with Crippen LogP contribution in [0.1, 0.15) is 90.9 Å². The Balaban J connectivity index is 0.00000400. The van der Waals surface area contributed by atoms with Gasteiger partial charge in [-0.15, -0.1) is 0 Å². The molecule has 0 aromatic rings. The van der Waals surface area contributed by atoms with E-state index in [1.807, 2.05) is 0 Å². The van der Waals surface area contributed by atoms with Crippen LogP contribution in [0.4, 0.5) is 0 Å². The Morgan fingerprint density at radius 2 is 1.33 bits per heavy atom. The lowest BCUT2D eigenvalue weighted by atomic mass is 10.1. The zero-order valence-corrected chi connectivity index (χ0v) is 14.3. The van der Waals surface area contributed by atoms with Gasteiger partial charge >= 0.3 is 0 Å². The van der Waals surface area contributed by atoms with Gasteiger partial charge in [0.15, 0.2) is 0 Å². The molecule has 1 rings (SSSR count). The van der Waals surface area contributed by atoms with Crippen LogP contribution in [0.25, 0.3) is 0 Å². The highest BCUT2D eigenvalue weighted by Crippen LogP contribution is 2.10. The molecule has 0 saturated carbocycles. The predicted molar refractivity (Wildman–Crippen MR) is 89.8 cm³/mol. The molecule has 0 radical (unpaired) electrons. The molecule has 0 bridgehead atoms. The quantitative estimate of drug-likeness (QED) is 0.496. The maximum absolute atomic E-state index is 2.33. The Hall–Kier alpha value is -0.630. The van der Waals surface area contributed by atoms with Crippen LogP contribution in [0.3, 0.4) is 0 Å². The minimum Gasteiger partial charge on any atom is -1.00 e. The van der Waals surface area contributed by atoms with Crippen molar-refractivity contribution in [3.63, 3.8) is 0 Å². The van der Waals surface area contributed by atoms with Gasteiger partial charge in [-0.05, 0) is 25.3 Å². The first kappa shape index (κ1) is 20.4. The van der Waals surface area contributed by atoms with Gasteiger partial charge in [0.25, 0.3) is 0 Å². The second kappa shape index (κ2) is 14.3. The third-order valence-corrected chi connectivity index (χ3v) is 4.33. The Bertz CT molecular complexity index is 283. The van der Waals surface area contributed by atoms with E-state index in [1.54, 1.807) is 10.6 Å². The molecule has 1 heterocycles. The summed E-state index contributed by atoms with van der Waals surface area (Å²) in [4.78, 5) is 1.62. The molecule has 1 unspecified atom stereocenters. The molecular weight excluding hydrogens is 261 g/mol. The normalized spacial score (nSPS) is 16.9. The molecule has 0 aromatic carbocycles. The maximum Gasteiger partial charge on any atom is 0.112 e. The van der Waals surface area contributed by atoms with Gasteiger partial charge in [0.1, 0.15) is 5.70 Å². The molecule has 124 valence electrons. The van der Waals surface area contributed by atoms with Gasteiger partial charge in [-0.3, -0.25) is 4.90 Å². The number of hydrogen-bond acceptors (Lipinski definition) is 0. The van der Waals surface area contributed by atoms with E-state index < -0.39 is 0 Å². The molecule has 1 N–H and O–H groups in total. The summed E-state index contributed by atoms with van der Waals surface area (Å²) in [6, 6.07) is 0. The highest BCUT2D eigenvalue weighted by atomic mass is 19.0. The maximum atomic E-state index is 2.33. The zero-order valence-electron chi connectivity index (χ0n) is 14.3. The van der Waals surface area contributed by atoms with Crippen LogP contribution in [0.2, 0.25) is 0 Å². The number of hydrogen-bond donors (Lipinski definition) is 1. The van der Waals surface area contributed by atoms with E-state index in [1.165, 1.54) is 83.6 Å². The number of quaternary nitrogens is 1. The monoisotopic (exact) mass is 297 g/mol. The van der Waals surface area contributed by atoms with Crippen molar-refractivity contribution < 1.29 is 9.60 Å². The van der Waals surface area contributed by atoms with Gasteiger partial charge < -0.3 is 4.70 Å². The van der Waals surface area contributed by atoms with Gasteiger partial charge in [0.05, 0.1) is 12.7 Å². The summed E-state index contributed by atoms with van der Waals surface area (Å²) in [7, 11) is 0. The standard InChI is InChI=1S/C19H35N.FH/c1-3-5-6-7-8-9-10-11-12-13-17-20-18-14-16-19(20)15-4-2;/h14,16,18H,3-13,15,17H2,1-2H3;1H. The number of nitrogens with one attached hydrogen (secondary N) is 1. The van der Waals surface area contributed by atoms with Gasteiger partial charge in [-0.25, -0.2) is 0 Å². The summed E-state index contributed by atoms with van der Waals surface area (Å²) in [6.45, 7) is 5.87. The number of rotatable bonds is 13. The lowest BCUT2D eigenvalue weighted by Crippen LogP contribution is -3.04. The van der Waals surface area contributed by atoms with Crippen LogP contribution in [0.15, 0.2) is 24.0 Å². The third kappa shape index (κ3) is 9.84. The molecule has 21 heavy (non-hydrogen) atoms. The third-order valence-electron chi connectivity index (χ3n) is 4.33. The molecule has 1 nitrogen and oxygen atoms in total. The van der Waals surface area contributed by atoms with Crippen LogP contribution in [-0.4, -0.2) is 6.54 Å². The average molecular weight is 298 g/mol. The highest BCUT2D eigenvalue weighted by molar-refractivity contribution is 5.10. The number of unbranched alkanes of at least 4 members (excludes halogenated alkanes) is 9. The smallest absolute Gasteiger partial charge is 0.112 e. The molecule has 1 aliphatic rings. The van der Waals surface area contributed by atoms with Crippen LogP contribution in [0.5, 0.6) is 0 Å². The van der Waals surface area contributed by atoms with E-state index in [4.69, 9.17) is 0 Å².